The third-order valence-corrected chi connectivity index (χ3v) is 3.78. The van der Waals surface area contributed by atoms with Crippen molar-refractivity contribution in [2.75, 3.05) is 34.2 Å². The van der Waals surface area contributed by atoms with Gasteiger partial charge < -0.3 is 19.8 Å². The van der Waals surface area contributed by atoms with E-state index >= 15 is 0 Å². The highest BCUT2D eigenvalue weighted by Crippen LogP contribution is 2.29. The molecule has 1 heterocycles. The van der Waals surface area contributed by atoms with Gasteiger partial charge in [0.1, 0.15) is 12.1 Å². The molecule has 0 aromatic rings. The van der Waals surface area contributed by atoms with Gasteiger partial charge in [0, 0.05) is 27.7 Å². The molecule has 114 valence electrons. The first kappa shape index (κ1) is 16.3. The van der Waals surface area contributed by atoms with Crippen LogP contribution in [-0.2, 0) is 9.59 Å². The zero-order valence-corrected chi connectivity index (χ0v) is 12.5. The van der Waals surface area contributed by atoms with Crippen LogP contribution in [0.2, 0.25) is 0 Å². The predicted molar refractivity (Wildman–Crippen MR) is 73.3 cm³/mol. The van der Waals surface area contributed by atoms with E-state index in [9.17, 15) is 19.5 Å². The number of rotatable bonds is 3. The molecule has 1 saturated heterocycles. The van der Waals surface area contributed by atoms with Crippen LogP contribution < -0.4 is 0 Å². The van der Waals surface area contributed by atoms with Gasteiger partial charge in [0.15, 0.2) is 0 Å². The lowest BCUT2D eigenvalue weighted by molar-refractivity contribution is -0.150. The summed E-state index contributed by atoms with van der Waals surface area (Å²) in [5.41, 5.74) is -1.19. The van der Waals surface area contributed by atoms with Crippen molar-refractivity contribution in [3.05, 3.63) is 0 Å². The number of carbonyl (C=O) groups excluding carboxylic acids is 2. The Morgan fingerprint density at radius 1 is 1.20 bits per heavy atom. The van der Waals surface area contributed by atoms with Crippen LogP contribution in [0.4, 0.5) is 4.79 Å². The van der Waals surface area contributed by atoms with Crippen molar-refractivity contribution in [1.29, 1.82) is 0 Å². The number of urea groups is 1. The second-order valence-corrected chi connectivity index (χ2v) is 5.61. The third-order valence-electron chi connectivity index (χ3n) is 3.78. The van der Waals surface area contributed by atoms with E-state index in [1.54, 1.807) is 21.0 Å². The molecule has 0 saturated carbocycles. The minimum Gasteiger partial charge on any atom is -0.480 e. The number of carbonyl (C=O) groups is 3. The van der Waals surface area contributed by atoms with Crippen LogP contribution in [0.25, 0.3) is 0 Å². The van der Waals surface area contributed by atoms with Crippen LogP contribution in [0.15, 0.2) is 0 Å². The number of likely N-dealkylation sites (N-methyl/N-ethyl adjacent to an activating group) is 2. The number of nitrogens with zero attached hydrogens (tertiary/aromatic N) is 3. The zero-order valence-electron chi connectivity index (χ0n) is 12.5. The van der Waals surface area contributed by atoms with E-state index in [-0.39, 0.29) is 12.5 Å². The number of likely N-dealkylation sites (tertiary alicyclic amines) is 1. The highest BCUT2D eigenvalue weighted by atomic mass is 16.4. The fourth-order valence-corrected chi connectivity index (χ4v) is 2.27. The molecule has 1 atom stereocenters. The maximum atomic E-state index is 12.4. The molecular formula is C13H23N3O4. The monoisotopic (exact) mass is 285 g/mol. The predicted octanol–water partition coefficient (Wildman–Crippen LogP) is 0.456. The van der Waals surface area contributed by atoms with Crippen molar-refractivity contribution in [1.82, 2.24) is 14.7 Å². The van der Waals surface area contributed by atoms with Gasteiger partial charge in [-0.3, -0.25) is 4.79 Å². The molecule has 1 N–H and O–H groups in total. The number of amides is 3. The topological polar surface area (TPSA) is 81.2 Å². The lowest BCUT2D eigenvalue weighted by atomic mass is 9.89. The SMILES string of the molecule is CN(C)C(=O)CN(C)C(=O)N1CCCCC1(C)C(=O)O. The summed E-state index contributed by atoms with van der Waals surface area (Å²) >= 11 is 0. The van der Waals surface area contributed by atoms with Crippen molar-refractivity contribution in [3.63, 3.8) is 0 Å². The zero-order chi connectivity index (χ0) is 15.5. The van der Waals surface area contributed by atoms with Crippen LogP contribution >= 0.6 is 0 Å². The summed E-state index contributed by atoms with van der Waals surface area (Å²) in [7, 11) is 4.74. The highest BCUT2D eigenvalue weighted by Gasteiger charge is 2.44. The first-order chi connectivity index (χ1) is 9.20. The summed E-state index contributed by atoms with van der Waals surface area (Å²) < 4.78 is 0. The molecular weight excluding hydrogens is 262 g/mol. The first-order valence-corrected chi connectivity index (χ1v) is 6.66. The second kappa shape index (κ2) is 6.11. The minimum absolute atomic E-state index is 0.0575. The van der Waals surface area contributed by atoms with Crippen molar-refractivity contribution in [3.8, 4) is 0 Å². The Labute approximate surface area is 119 Å². The lowest BCUT2D eigenvalue weighted by Gasteiger charge is -2.43. The van der Waals surface area contributed by atoms with Crippen molar-refractivity contribution in [2.45, 2.75) is 31.7 Å². The molecule has 1 aliphatic heterocycles. The summed E-state index contributed by atoms with van der Waals surface area (Å²) in [6.07, 6.45) is 2.00. The Hall–Kier alpha value is -1.79. The van der Waals surface area contributed by atoms with Gasteiger partial charge in [0.05, 0.1) is 0 Å². The van der Waals surface area contributed by atoms with E-state index in [2.05, 4.69) is 0 Å². The molecule has 3 amide bonds. The Morgan fingerprint density at radius 2 is 1.80 bits per heavy atom. The average Bonchev–Trinajstić information content (AvgIpc) is 2.37. The molecule has 1 aliphatic rings. The molecule has 0 radical (unpaired) electrons. The number of piperidine rings is 1. The Kier molecular flexibility index (Phi) is 4.97. The van der Waals surface area contributed by atoms with Gasteiger partial charge in [-0.25, -0.2) is 9.59 Å². The molecule has 1 rings (SSSR count). The molecule has 0 aliphatic carbocycles. The number of carboxylic acids is 1. The quantitative estimate of drug-likeness (QED) is 0.816. The van der Waals surface area contributed by atoms with E-state index in [0.29, 0.717) is 13.0 Å². The van der Waals surface area contributed by atoms with Crippen LogP contribution in [-0.4, -0.2) is 77.5 Å². The Bertz CT molecular complexity index is 410. The molecule has 7 heteroatoms. The third kappa shape index (κ3) is 3.20. The van der Waals surface area contributed by atoms with E-state index in [0.717, 1.165) is 12.8 Å². The average molecular weight is 285 g/mol. The number of hydrogen-bond acceptors (Lipinski definition) is 3. The van der Waals surface area contributed by atoms with Crippen molar-refractivity contribution >= 4 is 17.9 Å². The maximum Gasteiger partial charge on any atom is 0.329 e. The molecule has 7 nitrogen and oxygen atoms in total. The fourth-order valence-electron chi connectivity index (χ4n) is 2.27. The van der Waals surface area contributed by atoms with Gasteiger partial charge >= 0.3 is 12.0 Å². The summed E-state index contributed by atoms with van der Waals surface area (Å²) in [5, 5.41) is 9.38. The van der Waals surface area contributed by atoms with Gasteiger partial charge in [-0.2, -0.15) is 0 Å². The molecule has 20 heavy (non-hydrogen) atoms. The number of aliphatic carboxylic acids is 1. The molecule has 0 aromatic carbocycles. The van der Waals surface area contributed by atoms with Gasteiger partial charge in [0.25, 0.3) is 0 Å². The summed E-state index contributed by atoms with van der Waals surface area (Å²) in [6, 6.07) is -0.412. The lowest BCUT2D eigenvalue weighted by Crippen LogP contribution is -2.60. The normalized spacial score (nSPS) is 22.3. The number of carboxylic acid groups (broad SMARTS) is 1. The first-order valence-electron chi connectivity index (χ1n) is 6.66. The van der Waals surface area contributed by atoms with Gasteiger partial charge in [0.2, 0.25) is 5.91 Å². The standard InChI is InChI=1S/C13H23N3O4/c1-13(11(18)19)7-5-6-8-16(13)12(20)15(4)9-10(17)14(2)3/h5-9H2,1-4H3,(H,18,19). The molecule has 1 fully saturated rings. The molecule has 1 unspecified atom stereocenters. The summed E-state index contributed by atoms with van der Waals surface area (Å²) in [5.74, 6) is -1.20. The number of hydrogen-bond donors (Lipinski definition) is 1. The minimum atomic E-state index is -1.19. The van der Waals surface area contributed by atoms with Crippen LogP contribution in [0, 0.1) is 0 Å². The molecule has 0 bridgehead atoms. The van der Waals surface area contributed by atoms with E-state index in [1.807, 2.05) is 0 Å². The van der Waals surface area contributed by atoms with Crippen molar-refractivity contribution < 1.29 is 19.5 Å². The smallest absolute Gasteiger partial charge is 0.329 e. The van der Waals surface area contributed by atoms with Crippen molar-refractivity contribution in [2.24, 2.45) is 0 Å². The highest BCUT2D eigenvalue weighted by molar-refractivity contribution is 5.88. The van der Waals surface area contributed by atoms with Crippen LogP contribution in [0.1, 0.15) is 26.2 Å². The van der Waals surface area contributed by atoms with E-state index < -0.39 is 17.5 Å². The second-order valence-electron chi connectivity index (χ2n) is 5.61. The largest absolute Gasteiger partial charge is 0.480 e. The fraction of sp³-hybridized carbons (Fsp3) is 0.769. The molecule has 0 aromatic heterocycles. The Balaban J connectivity index is 2.83. The molecule has 0 spiro atoms. The maximum absolute atomic E-state index is 12.4. The van der Waals surface area contributed by atoms with Gasteiger partial charge in [-0.1, -0.05) is 0 Å². The van der Waals surface area contributed by atoms with Crippen LogP contribution in [0.5, 0.6) is 0 Å². The summed E-state index contributed by atoms with van der Waals surface area (Å²) in [4.78, 5) is 39.5. The van der Waals surface area contributed by atoms with Crippen LogP contribution in [0.3, 0.4) is 0 Å². The van der Waals surface area contributed by atoms with E-state index in [4.69, 9.17) is 0 Å². The van der Waals surface area contributed by atoms with E-state index in [1.165, 1.54) is 21.7 Å². The summed E-state index contributed by atoms with van der Waals surface area (Å²) in [6.45, 7) is 1.91. The van der Waals surface area contributed by atoms with Gasteiger partial charge in [-0.15, -0.1) is 0 Å². The van der Waals surface area contributed by atoms with Gasteiger partial charge in [-0.05, 0) is 26.2 Å². The Morgan fingerprint density at radius 3 is 2.30 bits per heavy atom.